The maximum Gasteiger partial charge on any atom is 0.261 e. The van der Waals surface area contributed by atoms with E-state index < -0.39 is 0 Å². The van der Waals surface area contributed by atoms with Crippen LogP contribution in [0.15, 0.2) is 47.2 Å². The Bertz CT molecular complexity index is 993. The molecule has 0 spiro atoms. The summed E-state index contributed by atoms with van der Waals surface area (Å²) in [6.07, 6.45) is 4.40. The van der Waals surface area contributed by atoms with E-state index in [1.807, 2.05) is 27.8 Å². The van der Waals surface area contributed by atoms with E-state index in [0.717, 1.165) is 36.5 Å². The molecule has 30 heavy (non-hydrogen) atoms. The van der Waals surface area contributed by atoms with Gasteiger partial charge in [-0.1, -0.05) is 31.0 Å². The van der Waals surface area contributed by atoms with Gasteiger partial charge in [0, 0.05) is 18.5 Å². The molecule has 2 amide bonds. The fraction of sp³-hybridized carbons (Fsp3) is 0.318. The zero-order chi connectivity index (χ0) is 20.8. The molecule has 4 rings (SSSR count). The lowest BCUT2D eigenvalue weighted by Gasteiger charge is -2.20. The summed E-state index contributed by atoms with van der Waals surface area (Å²) in [5, 5.41) is 7.28. The zero-order valence-corrected chi connectivity index (χ0v) is 18.1. The molecule has 3 aromatic rings. The molecule has 1 aromatic carbocycles. The Balaban J connectivity index is 1.40. The van der Waals surface area contributed by atoms with Crippen molar-refractivity contribution in [3.63, 3.8) is 0 Å². The molecule has 0 saturated carbocycles. The van der Waals surface area contributed by atoms with Crippen LogP contribution in [0.2, 0.25) is 0 Å². The molecule has 6 nitrogen and oxygen atoms in total. The minimum Gasteiger partial charge on any atom is -0.483 e. The quantitative estimate of drug-likeness (QED) is 0.590. The number of carbonyl (C=O) groups excluding carboxylic acids is 2. The summed E-state index contributed by atoms with van der Waals surface area (Å²) in [4.78, 5) is 32.7. The minimum absolute atomic E-state index is 0.0346. The van der Waals surface area contributed by atoms with Gasteiger partial charge in [0.2, 0.25) is 0 Å². The van der Waals surface area contributed by atoms with Gasteiger partial charge in [0.05, 0.1) is 16.1 Å². The summed E-state index contributed by atoms with van der Waals surface area (Å²) in [6, 6.07) is 10.9. The highest BCUT2D eigenvalue weighted by atomic mass is 32.1. The third-order valence-corrected chi connectivity index (χ3v) is 6.59. The second-order valence-electron chi connectivity index (χ2n) is 7.05. The molecule has 0 bridgehead atoms. The van der Waals surface area contributed by atoms with Crippen molar-refractivity contribution >= 4 is 39.6 Å². The highest BCUT2D eigenvalue weighted by Crippen LogP contribution is 2.29. The summed E-state index contributed by atoms with van der Waals surface area (Å²) < 4.78 is 5.75. The van der Waals surface area contributed by atoms with Crippen molar-refractivity contribution in [2.24, 2.45) is 0 Å². The number of para-hydroxylation sites is 1. The second-order valence-corrected chi connectivity index (χ2v) is 8.85. The number of ether oxygens (including phenoxy) is 1. The van der Waals surface area contributed by atoms with Gasteiger partial charge >= 0.3 is 0 Å². The molecule has 1 N–H and O–H groups in total. The third kappa shape index (κ3) is 5.06. The van der Waals surface area contributed by atoms with E-state index >= 15 is 0 Å². The highest BCUT2D eigenvalue weighted by molar-refractivity contribution is 7.16. The summed E-state index contributed by atoms with van der Waals surface area (Å²) in [5.41, 5.74) is 1.23. The van der Waals surface area contributed by atoms with Crippen molar-refractivity contribution in [3.05, 3.63) is 52.7 Å². The first kappa shape index (κ1) is 20.6. The Hall–Kier alpha value is -2.71. The second kappa shape index (κ2) is 9.86. The Labute approximate surface area is 183 Å². The molecule has 0 aliphatic carbocycles. The number of aromatic nitrogens is 1. The Kier molecular flexibility index (Phi) is 6.76. The topological polar surface area (TPSA) is 71.5 Å². The predicted octanol–water partition coefficient (Wildman–Crippen LogP) is 4.91. The van der Waals surface area contributed by atoms with Crippen LogP contribution >= 0.6 is 22.7 Å². The summed E-state index contributed by atoms with van der Waals surface area (Å²) in [5.74, 6) is 0.0562. The van der Waals surface area contributed by atoms with Gasteiger partial charge < -0.3 is 9.64 Å². The normalized spacial score (nSPS) is 14.2. The van der Waals surface area contributed by atoms with Crippen LogP contribution in [0.4, 0.5) is 5.13 Å². The molecule has 1 fully saturated rings. The van der Waals surface area contributed by atoms with Gasteiger partial charge in [-0.15, -0.1) is 22.7 Å². The number of nitrogens with one attached hydrogen (secondary N) is 1. The van der Waals surface area contributed by atoms with E-state index in [1.165, 1.54) is 24.2 Å². The summed E-state index contributed by atoms with van der Waals surface area (Å²) >= 11 is 2.98. The molecule has 156 valence electrons. The molecule has 1 aliphatic rings. The van der Waals surface area contributed by atoms with E-state index in [0.29, 0.717) is 16.4 Å². The van der Waals surface area contributed by atoms with Crippen molar-refractivity contribution < 1.29 is 14.3 Å². The van der Waals surface area contributed by atoms with Crippen molar-refractivity contribution in [2.45, 2.75) is 25.7 Å². The average molecular weight is 442 g/mol. The Morgan fingerprint density at radius 2 is 1.83 bits per heavy atom. The number of thiophene rings is 1. The molecule has 8 heteroatoms. The fourth-order valence-corrected chi connectivity index (χ4v) is 4.83. The third-order valence-electron chi connectivity index (χ3n) is 4.94. The highest BCUT2D eigenvalue weighted by Gasteiger charge is 2.19. The number of thiazole rings is 1. The number of hydrogen-bond acceptors (Lipinski definition) is 6. The van der Waals surface area contributed by atoms with Crippen LogP contribution in [0.5, 0.6) is 5.75 Å². The maximum absolute atomic E-state index is 12.8. The van der Waals surface area contributed by atoms with Gasteiger partial charge in [0.15, 0.2) is 11.7 Å². The molecule has 1 aliphatic heterocycles. The number of anilines is 1. The molecule has 0 radical (unpaired) electrons. The molecule has 2 aromatic heterocycles. The van der Waals surface area contributed by atoms with Crippen LogP contribution < -0.4 is 10.1 Å². The van der Waals surface area contributed by atoms with E-state index in [4.69, 9.17) is 4.74 Å². The number of nitrogens with zero attached hydrogens (tertiary/aromatic N) is 2. The first-order valence-corrected chi connectivity index (χ1v) is 11.8. The average Bonchev–Trinajstić information content (AvgIpc) is 3.38. The molecule has 3 heterocycles. The fourth-order valence-electron chi connectivity index (χ4n) is 3.36. The number of rotatable bonds is 6. The number of benzene rings is 1. The first-order chi connectivity index (χ1) is 14.7. The first-order valence-electron chi connectivity index (χ1n) is 10.0. The van der Waals surface area contributed by atoms with Gasteiger partial charge in [-0.25, -0.2) is 4.98 Å². The van der Waals surface area contributed by atoms with Crippen molar-refractivity contribution in [1.29, 1.82) is 0 Å². The zero-order valence-electron chi connectivity index (χ0n) is 16.5. The number of hydrogen-bond donors (Lipinski definition) is 1. The smallest absolute Gasteiger partial charge is 0.261 e. The van der Waals surface area contributed by atoms with E-state index in [2.05, 4.69) is 10.3 Å². The van der Waals surface area contributed by atoms with Gasteiger partial charge in [-0.05, 0) is 36.4 Å². The largest absolute Gasteiger partial charge is 0.483 e. The molecular formula is C22H23N3O3S2. The SMILES string of the molecule is O=C(Nc1nc(-c2cccs2)cs1)c1ccccc1OCC(=O)N1CCCCCC1. The van der Waals surface area contributed by atoms with Crippen molar-refractivity contribution in [1.82, 2.24) is 9.88 Å². The Morgan fingerprint density at radius 1 is 1.03 bits per heavy atom. The van der Waals surface area contributed by atoms with Crippen LogP contribution in [-0.4, -0.2) is 41.4 Å². The number of amides is 2. The number of likely N-dealkylation sites (tertiary alicyclic amines) is 1. The lowest BCUT2D eigenvalue weighted by Crippen LogP contribution is -2.35. The monoisotopic (exact) mass is 441 g/mol. The van der Waals surface area contributed by atoms with Crippen molar-refractivity contribution in [2.75, 3.05) is 25.0 Å². The van der Waals surface area contributed by atoms with E-state index in [1.54, 1.807) is 35.6 Å². The number of carbonyl (C=O) groups is 2. The van der Waals surface area contributed by atoms with Crippen LogP contribution in [0.1, 0.15) is 36.0 Å². The predicted molar refractivity (Wildman–Crippen MR) is 120 cm³/mol. The van der Waals surface area contributed by atoms with Crippen LogP contribution in [0.25, 0.3) is 10.6 Å². The van der Waals surface area contributed by atoms with Gasteiger partial charge in [-0.2, -0.15) is 0 Å². The Morgan fingerprint density at radius 3 is 2.60 bits per heavy atom. The van der Waals surface area contributed by atoms with Crippen LogP contribution in [-0.2, 0) is 4.79 Å². The van der Waals surface area contributed by atoms with E-state index in [9.17, 15) is 9.59 Å². The summed E-state index contributed by atoms with van der Waals surface area (Å²) in [7, 11) is 0. The molecule has 1 saturated heterocycles. The standard InChI is InChI=1S/C22H23N3O3S2/c26-20(25-11-5-1-2-6-12-25)14-28-18-9-4-3-8-16(18)21(27)24-22-23-17(15-30-22)19-10-7-13-29-19/h3-4,7-10,13,15H,1-2,5-6,11-12,14H2,(H,23,24,27). The maximum atomic E-state index is 12.8. The van der Waals surface area contributed by atoms with Crippen LogP contribution in [0, 0.1) is 0 Å². The molecule has 0 unspecified atom stereocenters. The molecular weight excluding hydrogens is 418 g/mol. The van der Waals surface area contributed by atoms with Crippen molar-refractivity contribution in [3.8, 4) is 16.3 Å². The lowest BCUT2D eigenvalue weighted by molar-refractivity contribution is -0.133. The van der Waals surface area contributed by atoms with E-state index in [-0.39, 0.29) is 18.4 Å². The van der Waals surface area contributed by atoms with Crippen LogP contribution in [0.3, 0.4) is 0 Å². The lowest BCUT2D eigenvalue weighted by atomic mass is 10.2. The minimum atomic E-state index is -0.306. The van der Waals surface area contributed by atoms with Gasteiger partial charge in [0.25, 0.3) is 11.8 Å². The van der Waals surface area contributed by atoms with Gasteiger partial charge in [0.1, 0.15) is 5.75 Å². The van der Waals surface area contributed by atoms with Gasteiger partial charge in [-0.3, -0.25) is 14.9 Å². The molecule has 0 atom stereocenters. The summed E-state index contributed by atoms with van der Waals surface area (Å²) in [6.45, 7) is 1.49.